The zero-order valence-electron chi connectivity index (χ0n) is 13.7. The van der Waals surface area contributed by atoms with Gasteiger partial charge in [0.15, 0.2) is 5.84 Å². The number of hydrogen-bond donors (Lipinski definition) is 3. The molecule has 0 aromatic heterocycles. The van der Waals surface area contributed by atoms with E-state index in [9.17, 15) is 8.42 Å². The number of anilines is 1. The van der Waals surface area contributed by atoms with E-state index >= 15 is 0 Å². The number of ether oxygens (including phenoxy) is 1. The van der Waals surface area contributed by atoms with Crippen molar-refractivity contribution >= 4 is 27.3 Å². The van der Waals surface area contributed by atoms with Crippen LogP contribution in [0.3, 0.4) is 0 Å². The molecule has 0 aliphatic rings. The van der Waals surface area contributed by atoms with Gasteiger partial charge in [-0.05, 0) is 18.2 Å². The fourth-order valence-electron chi connectivity index (χ4n) is 1.91. The number of benzene rings is 1. The Morgan fingerprint density at radius 2 is 2.08 bits per heavy atom. The predicted octanol–water partition coefficient (Wildman–Crippen LogP) is 0.953. The maximum Gasteiger partial charge on any atom is 0.243 e. The summed E-state index contributed by atoms with van der Waals surface area (Å²) in [5.41, 5.74) is 7.64. The number of amidine groups is 1. The number of methoxy groups -OCH3 is 1. The molecule has 1 aromatic carbocycles. The van der Waals surface area contributed by atoms with Crippen molar-refractivity contribution in [3.8, 4) is 11.8 Å². The summed E-state index contributed by atoms with van der Waals surface area (Å²) in [6, 6.07) is 5.92. The lowest BCUT2D eigenvalue weighted by Gasteiger charge is -2.19. The molecule has 9 nitrogen and oxygen atoms in total. The third-order valence-electron chi connectivity index (χ3n) is 3.16. The molecule has 10 heteroatoms. The highest BCUT2D eigenvalue weighted by Gasteiger charge is 2.22. The SMILES string of the molecule is CCN(CC)S(=O)(=O)c1ccc(OC)c(N/N=C(\C#N)C(=N)N)c1. The number of hydrazone groups is 1. The van der Waals surface area contributed by atoms with Crippen LogP contribution in [0.25, 0.3) is 0 Å². The van der Waals surface area contributed by atoms with Crippen molar-refractivity contribution < 1.29 is 13.2 Å². The van der Waals surface area contributed by atoms with Gasteiger partial charge in [-0.2, -0.15) is 14.7 Å². The van der Waals surface area contributed by atoms with E-state index in [0.29, 0.717) is 18.8 Å². The van der Waals surface area contributed by atoms with E-state index in [1.54, 1.807) is 19.9 Å². The van der Waals surface area contributed by atoms with Gasteiger partial charge in [0.1, 0.15) is 11.8 Å². The fourth-order valence-corrected chi connectivity index (χ4v) is 3.39. The normalized spacial score (nSPS) is 11.9. The zero-order chi connectivity index (χ0) is 18.3. The molecule has 0 spiro atoms. The first-order chi connectivity index (χ1) is 11.3. The van der Waals surface area contributed by atoms with Crippen LogP contribution in [-0.4, -0.2) is 44.5 Å². The second kappa shape index (κ2) is 8.28. The van der Waals surface area contributed by atoms with Gasteiger partial charge in [-0.15, -0.1) is 0 Å². The first kappa shape index (κ1) is 19.4. The topological polar surface area (TPSA) is 145 Å². The average molecular weight is 352 g/mol. The second-order valence-electron chi connectivity index (χ2n) is 4.55. The largest absolute Gasteiger partial charge is 0.495 e. The molecule has 0 amide bonds. The molecule has 1 rings (SSSR count). The summed E-state index contributed by atoms with van der Waals surface area (Å²) < 4.78 is 31.6. The molecular weight excluding hydrogens is 332 g/mol. The van der Waals surface area contributed by atoms with Gasteiger partial charge in [-0.1, -0.05) is 13.8 Å². The minimum absolute atomic E-state index is 0.0611. The Bertz CT molecular complexity index is 778. The first-order valence-corrected chi connectivity index (χ1v) is 8.52. The van der Waals surface area contributed by atoms with Gasteiger partial charge in [-0.3, -0.25) is 10.8 Å². The summed E-state index contributed by atoms with van der Waals surface area (Å²) in [5.74, 6) is -0.172. The molecule has 0 saturated heterocycles. The molecule has 0 saturated carbocycles. The molecule has 0 unspecified atom stereocenters. The van der Waals surface area contributed by atoms with E-state index in [-0.39, 0.29) is 16.3 Å². The highest BCUT2D eigenvalue weighted by Crippen LogP contribution is 2.29. The van der Waals surface area contributed by atoms with Crippen molar-refractivity contribution in [1.82, 2.24) is 4.31 Å². The Balaban J connectivity index is 3.32. The van der Waals surface area contributed by atoms with E-state index in [0.717, 1.165) is 0 Å². The Morgan fingerprint density at radius 1 is 1.46 bits per heavy atom. The van der Waals surface area contributed by atoms with Crippen molar-refractivity contribution in [1.29, 1.82) is 10.7 Å². The highest BCUT2D eigenvalue weighted by molar-refractivity contribution is 7.89. The van der Waals surface area contributed by atoms with Crippen molar-refractivity contribution in [2.75, 3.05) is 25.6 Å². The van der Waals surface area contributed by atoms with Gasteiger partial charge < -0.3 is 10.5 Å². The van der Waals surface area contributed by atoms with Crippen molar-refractivity contribution in [3.05, 3.63) is 18.2 Å². The Kier molecular flexibility index (Phi) is 6.69. The minimum atomic E-state index is -3.65. The Morgan fingerprint density at radius 3 is 2.54 bits per heavy atom. The molecular formula is C14H20N6O3S. The van der Waals surface area contributed by atoms with Crippen LogP contribution in [0.5, 0.6) is 5.75 Å². The monoisotopic (exact) mass is 352 g/mol. The summed E-state index contributed by atoms with van der Waals surface area (Å²) in [7, 11) is -2.24. The van der Waals surface area contributed by atoms with Gasteiger partial charge in [0, 0.05) is 13.1 Å². The van der Waals surface area contributed by atoms with Crippen LogP contribution in [0.15, 0.2) is 28.2 Å². The van der Waals surface area contributed by atoms with Crippen LogP contribution in [0.4, 0.5) is 5.69 Å². The standard InChI is InChI=1S/C14H20N6O3S/c1-4-20(5-2)24(21,22)10-6-7-13(23-3)11(8-10)18-19-12(9-15)14(16)17/h6-8,18H,4-5H2,1-3H3,(H3,16,17)/b19-12+. The van der Waals surface area contributed by atoms with Crippen LogP contribution >= 0.6 is 0 Å². The number of nitrogens with two attached hydrogens (primary N) is 1. The van der Waals surface area contributed by atoms with Gasteiger partial charge >= 0.3 is 0 Å². The maximum atomic E-state index is 12.6. The average Bonchev–Trinajstić information content (AvgIpc) is 2.55. The predicted molar refractivity (Wildman–Crippen MR) is 91.7 cm³/mol. The van der Waals surface area contributed by atoms with Gasteiger partial charge in [-0.25, -0.2) is 8.42 Å². The lowest BCUT2D eigenvalue weighted by Crippen LogP contribution is -2.30. The summed E-state index contributed by atoms with van der Waals surface area (Å²) in [6.07, 6.45) is 0. The first-order valence-electron chi connectivity index (χ1n) is 7.08. The molecule has 24 heavy (non-hydrogen) atoms. The summed E-state index contributed by atoms with van der Waals surface area (Å²) in [4.78, 5) is 0.0611. The molecule has 0 aliphatic heterocycles. The smallest absolute Gasteiger partial charge is 0.243 e. The van der Waals surface area contributed by atoms with E-state index in [2.05, 4.69) is 10.5 Å². The maximum absolute atomic E-state index is 12.6. The fraction of sp³-hybridized carbons (Fsp3) is 0.357. The zero-order valence-corrected chi connectivity index (χ0v) is 14.5. The molecule has 0 radical (unpaired) electrons. The van der Waals surface area contributed by atoms with Crippen molar-refractivity contribution in [3.63, 3.8) is 0 Å². The number of hydrogen-bond acceptors (Lipinski definition) is 7. The lowest BCUT2D eigenvalue weighted by atomic mass is 10.3. The summed E-state index contributed by atoms with van der Waals surface area (Å²) in [6.45, 7) is 4.18. The second-order valence-corrected chi connectivity index (χ2v) is 6.49. The number of sulfonamides is 1. The summed E-state index contributed by atoms with van der Waals surface area (Å²) >= 11 is 0. The van der Waals surface area contributed by atoms with Gasteiger partial charge in [0.2, 0.25) is 15.7 Å². The van der Waals surface area contributed by atoms with E-state index in [1.807, 2.05) is 0 Å². The van der Waals surface area contributed by atoms with E-state index < -0.39 is 15.9 Å². The number of nitrogens with zero attached hydrogens (tertiary/aromatic N) is 3. The molecule has 130 valence electrons. The van der Waals surface area contributed by atoms with Crippen LogP contribution < -0.4 is 15.9 Å². The molecule has 0 aliphatic carbocycles. The Hall–Kier alpha value is -2.64. The number of rotatable bonds is 8. The number of nitriles is 1. The van der Waals surface area contributed by atoms with Crippen LogP contribution in [0.1, 0.15) is 13.8 Å². The van der Waals surface area contributed by atoms with E-state index in [4.69, 9.17) is 21.1 Å². The highest BCUT2D eigenvalue weighted by atomic mass is 32.2. The van der Waals surface area contributed by atoms with Crippen LogP contribution in [-0.2, 0) is 10.0 Å². The molecule has 4 N–H and O–H groups in total. The van der Waals surface area contributed by atoms with Crippen molar-refractivity contribution in [2.24, 2.45) is 10.8 Å². The van der Waals surface area contributed by atoms with Crippen molar-refractivity contribution in [2.45, 2.75) is 18.7 Å². The molecule has 0 bridgehead atoms. The van der Waals surface area contributed by atoms with Gasteiger partial charge in [0.25, 0.3) is 0 Å². The molecule has 0 heterocycles. The minimum Gasteiger partial charge on any atom is -0.495 e. The van der Waals surface area contributed by atoms with Crippen LogP contribution in [0.2, 0.25) is 0 Å². The quantitative estimate of drug-likeness (QED) is 0.361. The van der Waals surface area contributed by atoms with E-state index in [1.165, 1.54) is 29.6 Å². The lowest BCUT2D eigenvalue weighted by molar-refractivity contribution is 0.416. The third kappa shape index (κ3) is 4.21. The van der Waals surface area contributed by atoms with Gasteiger partial charge in [0.05, 0.1) is 17.7 Å². The molecule has 1 aromatic rings. The Labute approximate surface area is 141 Å². The molecule has 0 atom stereocenters. The summed E-state index contributed by atoms with van der Waals surface area (Å²) in [5, 5.41) is 19.8. The third-order valence-corrected chi connectivity index (χ3v) is 5.21. The number of nitrogens with one attached hydrogen (secondary N) is 2. The molecule has 0 fully saturated rings. The van der Waals surface area contributed by atoms with Crippen LogP contribution in [0, 0.1) is 16.7 Å².